The highest BCUT2D eigenvalue weighted by molar-refractivity contribution is 7.10. The lowest BCUT2D eigenvalue weighted by molar-refractivity contribution is 0.00398. The number of methoxy groups -OCH3 is 2. The first kappa shape index (κ1) is 23.0. The molecule has 0 spiro atoms. The van der Waals surface area contributed by atoms with Crippen molar-refractivity contribution in [3.63, 3.8) is 0 Å². The van der Waals surface area contributed by atoms with Crippen LogP contribution in [0, 0.1) is 0 Å². The van der Waals surface area contributed by atoms with Gasteiger partial charge < -0.3 is 28.8 Å². The van der Waals surface area contributed by atoms with Gasteiger partial charge in [0.25, 0.3) is 0 Å². The number of β-amino-alcohol motifs (C(OH)–C–C–N with tert-alkyl or cyclic N) is 1. The number of fused-ring (bicyclic) bond motifs is 2. The molecule has 2 atom stereocenters. The van der Waals surface area contributed by atoms with E-state index in [9.17, 15) is 5.11 Å². The molecule has 2 aliphatic heterocycles. The van der Waals surface area contributed by atoms with Crippen LogP contribution in [0.5, 0.6) is 23.0 Å². The van der Waals surface area contributed by atoms with Gasteiger partial charge in [0, 0.05) is 18.0 Å². The van der Waals surface area contributed by atoms with Crippen LogP contribution in [0.25, 0.3) is 0 Å². The second kappa shape index (κ2) is 10.2. The summed E-state index contributed by atoms with van der Waals surface area (Å²) in [5.74, 6) is 2.95. The van der Waals surface area contributed by atoms with E-state index in [1.165, 1.54) is 16.0 Å². The molecule has 1 aromatic heterocycles. The molecule has 7 nitrogen and oxygen atoms in total. The zero-order valence-corrected chi connectivity index (χ0v) is 20.2. The molecular weight excluding hydrogens is 454 g/mol. The first-order valence-corrected chi connectivity index (χ1v) is 12.2. The second-order valence-corrected chi connectivity index (χ2v) is 9.40. The third-order valence-corrected chi connectivity index (χ3v) is 7.17. The Morgan fingerprint density at radius 3 is 2.71 bits per heavy atom. The molecule has 8 heteroatoms. The lowest BCUT2D eigenvalue weighted by atomic mass is 9.90. The SMILES string of the molecule is COc1cc2c(cc1OC)[C@H](c1cccs1)N(C[C@@H](O)COCc1ccc3c(c1)OCO3)CC2. The van der Waals surface area contributed by atoms with Crippen LogP contribution < -0.4 is 18.9 Å². The van der Waals surface area contributed by atoms with Crippen molar-refractivity contribution in [2.75, 3.05) is 40.7 Å². The fraction of sp³-hybridized carbons (Fsp3) is 0.385. The van der Waals surface area contributed by atoms with Gasteiger partial charge in [0.1, 0.15) is 0 Å². The summed E-state index contributed by atoms with van der Waals surface area (Å²) in [6.45, 7) is 2.26. The highest BCUT2D eigenvalue weighted by atomic mass is 32.1. The molecule has 34 heavy (non-hydrogen) atoms. The Balaban J connectivity index is 1.27. The van der Waals surface area contributed by atoms with Crippen LogP contribution in [0.4, 0.5) is 0 Å². The molecule has 0 saturated heterocycles. The van der Waals surface area contributed by atoms with Crippen LogP contribution >= 0.6 is 11.3 Å². The predicted molar refractivity (Wildman–Crippen MR) is 129 cm³/mol. The zero-order valence-electron chi connectivity index (χ0n) is 19.4. The van der Waals surface area contributed by atoms with Crippen LogP contribution in [-0.4, -0.2) is 56.8 Å². The minimum absolute atomic E-state index is 0.0482. The summed E-state index contributed by atoms with van der Waals surface area (Å²) in [5.41, 5.74) is 3.43. The van der Waals surface area contributed by atoms with Crippen molar-refractivity contribution in [1.29, 1.82) is 0 Å². The Bertz CT molecular complexity index is 1120. The molecule has 0 amide bonds. The largest absolute Gasteiger partial charge is 0.493 e. The van der Waals surface area contributed by atoms with Gasteiger partial charge in [0.05, 0.1) is 39.6 Å². The normalized spacial score (nSPS) is 17.9. The number of hydrogen-bond acceptors (Lipinski definition) is 8. The maximum Gasteiger partial charge on any atom is 0.231 e. The number of aliphatic hydroxyl groups excluding tert-OH is 1. The van der Waals surface area contributed by atoms with E-state index in [4.69, 9.17) is 23.7 Å². The first-order valence-electron chi connectivity index (χ1n) is 11.3. The zero-order chi connectivity index (χ0) is 23.5. The van der Waals surface area contributed by atoms with Gasteiger partial charge in [-0.2, -0.15) is 0 Å². The highest BCUT2D eigenvalue weighted by Crippen LogP contribution is 2.42. The van der Waals surface area contributed by atoms with Crippen LogP contribution in [0.2, 0.25) is 0 Å². The predicted octanol–water partition coefficient (Wildman–Crippen LogP) is 4.02. The van der Waals surface area contributed by atoms with Crippen LogP contribution in [0.3, 0.4) is 0 Å². The molecule has 3 aromatic rings. The van der Waals surface area contributed by atoms with E-state index in [0.29, 0.717) is 13.2 Å². The Labute approximate surface area is 203 Å². The molecule has 5 rings (SSSR count). The van der Waals surface area contributed by atoms with Crippen molar-refractivity contribution in [1.82, 2.24) is 4.90 Å². The van der Waals surface area contributed by atoms with E-state index in [1.54, 1.807) is 25.6 Å². The fourth-order valence-electron chi connectivity index (χ4n) is 4.64. The molecule has 0 bridgehead atoms. The van der Waals surface area contributed by atoms with E-state index in [-0.39, 0.29) is 19.4 Å². The monoisotopic (exact) mass is 483 g/mol. The minimum atomic E-state index is -0.613. The smallest absolute Gasteiger partial charge is 0.231 e. The van der Waals surface area contributed by atoms with Gasteiger partial charge in [0.15, 0.2) is 23.0 Å². The van der Waals surface area contributed by atoms with E-state index < -0.39 is 6.10 Å². The van der Waals surface area contributed by atoms with Gasteiger partial charge in [-0.3, -0.25) is 4.90 Å². The Morgan fingerprint density at radius 2 is 1.91 bits per heavy atom. The van der Waals surface area contributed by atoms with Gasteiger partial charge in [-0.05, 0) is 58.8 Å². The van der Waals surface area contributed by atoms with Crippen molar-refractivity contribution in [3.05, 3.63) is 69.4 Å². The molecule has 0 saturated carbocycles. The maximum absolute atomic E-state index is 10.8. The molecule has 2 aliphatic rings. The standard InChI is InChI=1S/C26H29NO6S/c1-29-22-11-18-7-8-27(26(25-4-3-9-34-25)20(18)12-23(22)30-2)13-19(28)15-31-14-17-5-6-21-24(10-17)33-16-32-21/h3-6,9-12,19,26,28H,7-8,13-16H2,1-2H3/t19-,26-/m1/s1. The summed E-state index contributed by atoms with van der Waals surface area (Å²) in [6.07, 6.45) is 0.265. The quantitative estimate of drug-likeness (QED) is 0.493. The summed E-state index contributed by atoms with van der Waals surface area (Å²) in [4.78, 5) is 3.57. The average molecular weight is 484 g/mol. The minimum Gasteiger partial charge on any atom is -0.493 e. The molecule has 0 aliphatic carbocycles. The fourth-order valence-corrected chi connectivity index (χ4v) is 5.52. The molecule has 2 aromatic carbocycles. The number of thiophene rings is 1. The van der Waals surface area contributed by atoms with Crippen molar-refractivity contribution in [2.45, 2.75) is 25.2 Å². The highest BCUT2D eigenvalue weighted by Gasteiger charge is 2.32. The summed E-state index contributed by atoms with van der Waals surface area (Å²) >= 11 is 1.72. The summed E-state index contributed by atoms with van der Waals surface area (Å²) in [5, 5.41) is 12.9. The molecular formula is C26H29NO6S. The molecule has 0 radical (unpaired) electrons. The molecule has 3 heterocycles. The van der Waals surface area contributed by atoms with Gasteiger partial charge in [-0.15, -0.1) is 11.3 Å². The van der Waals surface area contributed by atoms with Gasteiger partial charge in [-0.1, -0.05) is 12.1 Å². The van der Waals surface area contributed by atoms with Gasteiger partial charge >= 0.3 is 0 Å². The molecule has 0 unspecified atom stereocenters. The van der Waals surface area contributed by atoms with E-state index in [1.807, 2.05) is 18.2 Å². The number of benzene rings is 2. The lowest BCUT2D eigenvalue weighted by Crippen LogP contribution is -2.41. The van der Waals surface area contributed by atoms with Crippen molar-refractivity contribution in [2.24, 2.45) is 0 Å². The first-order chi connectivity index (χ1) is 16.7. The molecule has 1 N–H and O–H groups in total. The van der Waals surface area contributed by atoms with Crippen molar-refractivity contribution in [3.8, 4) is 23.0 Å². The Kier molecular flexibility index (Phi) is 6.92. The molecule has 0 fully saturated rings. The van der Waals surface area contributed by atoms with Crippen LogP contribution in [0.1, 0.15) is 27.6 Å². The summed E-state index contributed by atoms with van der Waals surface area (Å²) in [7, 11) is 3.32. The van der Waals surface area contributed by atoms with Crippen molar-refractivity contribution >= 4 is 11.3 Å². The van der Waals surface area contributed by atoms with E-state index >= 15 is 0 Å². The maximum atomic E-state index is 10.8. The summed E-state index contributed by atoms with van der Waals surface area (Å²) < 4.78 is 27.7. The van der Waals surface area contributed by atoms with Crippen LogP contribution in [0.15, 0.2) is 47.8 Å². The third kappa shape index (κ3) is 4.72. The third-order valence-electron chi connectivity index (χ3n) is 6.25. The molecule has 180 valence electrons. The number of ether oxygens (including phenoxy) is 5. The van der Waals surface area contributed by atoms with E-state index in [0.717, 1.165) is 41.5 Å². The Morgan fingerprint density at radius 1 is 1.09 bits per heavy atom. The second-order valence-electron chi connectivity index (χ2n) is 8.43. The number of nitrogens with zero attached hydrogens (tertiary/aromatic N) is 1. The lowest BCUT2D eigenvalue weighted by Gasteiger charge is -2.38. The number of hydrogen-bond donors (Lipinski definition) is 1. The van der Waals surface area contributed by atoms with Crippen molar-refractivity contribution < 1.29 is 28.8 Å². The van der Waals surface area contributed by atoms with Gasteiger partial charge in [-0.25, -0.2) is 0 Å². The van der Waals surface area contributed by atoms with E-state index in [2.05, 4.69) is 34.5 Å². The Hall–Kier alpha value is -2.78. The van der Waals surface area contributed by atoms with Gasteiger partial charge in [0.2, 0.25) is 6.79 Å². The number of rotatable bonds is 9. The average Bonchev–Trinajstić information content (AvgIpc) is 3.55. The topological polar surface area (TPSA) is 69.6 Å². The van der Waals surface area contributed by atoms with Crippen LogP contribution in [-0.2, 0) is 17.8 Å². The number of aliphatic hydroxyl groups is 1. The summed E-state index contributed by atoms with van der Waals surface area (Å²) in [6, 6.07) is 14.2.